The number of hydrogen-bond acceptors (Lipinski definition) is 9. The topological polar surface area (TPSA) is 172 Å². The van der Waals surface area contributed by atoms with E-state index in [0.29, 0.717) is 12.2 Å². The van der Waals surface area contributed by atoms with E-state index in [-0.39, 0.29) is 33.1 Å². The lowest BCUT2D eigenvalue weighted by atomic mass is 10.3. The molecule has 4 aromatic rings. The quantitative estimate of drug-likeness (QED) is 0.260. The molecule has 0 atom stereocenters. The maximum Gasteiger partial charge on any atom is 0.269 e. The molecule has 0 unspecified atom stereocenters. The van der Waals surface area contributed by atoms with Gasteiger partial charge in [-0.25, -0.2) is 8.42 Å². The van der Waals surface area contributed by atoms with Crippen molar-refractivity contribution in [1.29, 1.82) is 5.26 Å². The van der Waals surface area contributed by atoms with Gasteiger partial charge in [0.2, 0.25) is 15.8 Å². The van der Waals surface area contributed by atoms with Crippen molar-refractivity contribution >= 4 is 38.2 Å². The Hall–Kier alpha value is -4.31. The fourth-order valence-electron chi connectivity index (χ4n) is 2.93. The number of nitriles is 1. The second-order valence-corrected chi connectivity index (χ2v) is 8.22. The lowest BCUT2D eigenvalue weighted by Gasteiger charge is -2.08. The van der Waals surface area contributed by atoms with Crippen LogP contribution >= 0.6 is 0 Å². The summed E-state index contributed by atoms with van der Waals surface area (Å²) in [6.45, 7) is 2.56. The van der Waals surface area contributed by atoms with E-state index in [1.54, 1.807) is 10.9 Å². The third-order valence-electron chi connectivity index (χ3n) is 4.44. The maximum atomic E-state index is 13.3. The molecule has 4 rings (SSSR count). The van der Waals surface area contributed by atoms with Crippen LogP contribution in [-0.4, -0.2) is 38.1 Å². The molecule has 0 spiro atoms. The van der Waals surface area contributed by atoms with Crippen molar-refractivity contribution in [2.24, 2.45) is 0 Å². The summed E-state index contributed by atoms with van der Waals surface area (Å²) in [7, 11) is -4.23. The fourth-order valence-corrected chi connectivity index (χ4v) is 4.33. The van der Waals surface area contributed by atoms with Crippen molar-refractivity contribution < 1.29 is 13.3 Å². The molecule has 13 heteroatoms. The van der Waals surface area contributed by atoms with Gasteiger partial charge in [-0.15, -0.1) is 0 Å². The van der Waals surface area contributed by atoms with E-state index in [0.717, 1.165) is 24.3 Å². The van der Waals surface area contributed by atoms with E-state index in [9.17, 15) is 23.8 Å². The zero-order chi connectivity index (χ0) is 22.2. The van der Waals surface area contributed by atoms with Crippen molar-refractivity contribution in [2.75, 3.05) is 5.32 Å². The summed E-state index contributed by atoms with van der Waals surface area (Å²) in [5.41, 5.74) is 0.506. The highest BCUT2D eigenvalue weighted by molar-refractivity contribution is 7.91. The number of hydrogen-bond donors (Lipinski definition) is 2. The van der Waals surface area contributed by atoms with Crippen molar-refractivity contribution in [2.45, 2.75) is 23.4 Å². The van der Waals surface area contributed by atoms with Crippen LogP contribution in [0.15, 0.2) is 52.8 Å². The average molecular weight is 438 g/mol. The molecule has 2 N–H and O–H groups in total. The third kappa shape index (κ3) is 3.55. The Balaban J connectivity index is 1.87. The zero-order valence-electron chi connectivity index (χ0n) is 16.0. The van der Waals surface area contributed by atoms with Crippen LogP contribution in [0.1, 0.15) is 12.5 Å². The van der Waals surface area contributed by atoms with Gasteiger partial charge in [-0.1, -0.05) is 0 Å². The number of sulfone groups is 1. The second kappa shape index (κ2) is 7.50. The summed E-state index contributed by atoms with van der Waals surface area (Å²) < 4.78 is 28.3. The third-order valence-corrected chi connectivity index (χ3v) is 6.14. The number of benzene rings is 1. The van der Waals surface area contributed by atoms with Crippen molar-refractivity contribution in [3.05, 3.63) is 58.5 Å². The van der Waals surface area contributed by atoms with E-state index >= 15 is 0 Å². The van der Waals surface area contributed by atoms with Gasteiger partial charge in [0.1, 0.15) is 11.7 Å². The van der Waals surface area contributed by atoms with Gasteiger partial charge in [0, 0.05) is 31.1 Å². The van der Waals surface area contributed by atoms with Crippen molar-refractivity contribution in [1.82, 2.24) is 24.7 Å². The number of anilines is 2. The number of aromatic nitrogens is 5. The molecule has 0 aliphatic carbocycles. The smallest absolute Gasteiger partial charge is 0.269 e. The van der Waals surface area contributed by atoms with Gasteiger partial charge in [0.05, 0.1) is 32.7 Å². The number of aryl methyl sites for hydroxylation is 1. The predicted octanol–water partition coefficient (Wildman–Crippen LogP) is 2.53. The highest BCUT2D eigenvalue weighted by atomic mass is 32.2. The molecule has 156 valence electrons. The number of nitro groups is 1. The number of nitrogens with zero attached hydrogens (tertiary/aromatic N) is 6. The van der Waals surface area contributed by atoms with E-state index in [1.165, 1.54) is 12.4 Å². The predicted molar refractivity (Wildman–Crippen MR) is 108 cm³/mol. The van der Waals surface area contributed by atoms with E-state index < -0.39 is 19.8 Å². The molecule has 0 saturated carbocycles. The first-order valence-corrected chi connectivity index (χ1v) is 10.4. The molecular weight excluding hydrogens is 424 g/mol. The summed E-state index contributed by atoms with van der Waals surface area (Å²) >= 11 is 0. The average Bonchev–Trinajstić information content (AvgIpc) is 3.39. The SMILES string of the molecule is CCn1cc(Nc2nc(S(=O)(=O)c3ccc([N+](=O)[O-])cc3)c3c(C#N)c[nH]c3n2)cn1. The van der Waals surface area contributed by atoms with Crippen LogP contribution in [0.2, 0.25) is 0 Å². The molecule has 0 aliphatic heterocycles. The molecule has 0 bridgehead atoms. The molecule has 0 saturated heterocycles. The molecule has 3 aromatic heterocycles. The Morgan fingerprint density at radius 3 is 2.65 bits per heavy atom. The number of non-ortho nitro benzene ring substituents is 1. The Labute approximate surface area is 175 Å². The highest BCUT2D eigenvalue weighted by Gasteiger charge is 2.27. The Morgan fingerprint density at radius 2 is 2.03 bits per heavy atom. The number of aromatic amines is 1. The van der Waals surface area contributed by atoms with E-state index in [4.69, 9.17) is 0 Å². The van der Waals surface area contributed by atoms with Gasteiger partial charge in [-0.05, 0) is 19.1 Å². The lowest BCUT2D eigenvalue weighted by molar-refractivity contribution is -0.384. The van der Waals surface area contributed by atoms with E-state index in [2.05, 4.69) is 25.4 Å². The van der Waals surface area contributed by atoms with Crippen LogP contribution in [0.3, 0.4) is 0 Å². The molecule has 0 aliphatic rings. The minimum atomic E-state index is -4.23. The number of rotatable bonds is 6. The van der Waals surface area contributed by atoms with Gasteiger partial charge in [0.25, 0.3) is 5.69 Å². The second-order valence-electron chi connectivity index (χ2n) is 6.35. The molecule has 1 aromatic carbocycles. The minimum absolute atomic E-state index is 0.0185. The van der Waals surface area contributed by atoms with Crippen LogP contribution in [0.5, 0.6) is 0 Å². The first-order chi connectivity index (χ1) is 14.8. The molecule has 0 amide bonds. The first-order valence-electron chi connectivity index (χ1n) is 8.91. The van der Waals surface area contributed by atoms with Crippen LogP contribution in [0.25, 0.3) is 11.0 Å². The fraction of sp³-hybridized carbons (Fsp3) is 0.111. The Kier molecular flexibility index (Phi) is 4.84. The molecule has 3 heterocycles. The van der Waals surface area contributed by atoms with Crippen molar-refractivity contribution in [3.8, 4) is 6.07 Å². The molecule has 12 nitrogen and oxygen atoms in total. The number of fused-ring (bicyclic) bond motifs is 1. The molecule has 0 fully saturated rings. The number of H-pyrrole nitrogens is 1. The van der Waals surface area contributed by atoms with Crippen LogP contribution in [-0.2, 0) is 16.4 Å². The normalized spacial score (nSPS) is 11.4. The standard InChI is InChI=1S/C18H14N8O4S/c1-2-25-10-12(9-21-25)22-18-23-16-15(11(7-19)8-20-16)17(24-18)31(29,30)14-5-3-13(4-6-14)26(27)28/h3-6,8-10H,2H2,1H3,(H2,20,22,23,24). The summed E-state index contributed by atoms with van der Waals surface area (Å²) in [6, 6.07) is 6.34. The monoisotopic (exact) mass is 438 g/mol. The molecule has 31 heavy (non-hydrogen) atoms. The van der Waals surface area contributed by atoms with Gasteiger partial charge < -0.3 is 10.3 Å². The summed E-state index contributed by atoms with van der Waals surface area (Å²) in [6.07, 6.45) is 4.58. The highest BCUT2D eigenvalue weighted by Crippen LogP contribution is 2.30. The lowest BCUT2D eigenvalue weighted by Crippen LogP contribution is -2.09. The number of nitrogens with one attached hydrogen (secondary N) is 2. The molecular formula is C18H14N8O4S. The molecule has 0 radical (unpaired) electrons. The number of nitro benzene ring substituents is 1. The maximum absolute atomic E-state index is 13.3. The first kappa shape index (κ1) is 20.0. The summed E-state index contributed by atoms with van der Waals surface area (Å²) in [5, 5.41) is 26.9. The van der Waals surface area contributed by atoms with Crippen LogP contribution in [0.4, 0.5) is 17.3 Å². The van der Waals surface area contributed by atoms with Gasteiger partial charge >= 0.3 is 0 Å². The Morgan fingerprint density at radius 1 is 1.29 bits per heavy atom. The Bertz CT molecular complexity index is 1450. The largest absolute Gasteiger partial charge is 0.345 e. The van der Waals surface area contributed by atoms with Crippen molar-refractivity contribution in [3.63, 3.8) is 0 Å². The summed E-state index contributed by atoms with van der Waals surface area (Å²) in [4.78, 5) is 21.3. The minimum Gasteiger partial charge on any atom is -0.345 e. The summed E-state index contributed by atoms with van der Waals surface area (Å²) in [5.74, 6) is -0.0185. The zero-order valence-corrected chi connectivity index (χ0v) is 16.8. The van der Waals surface area contributed by atoms with E-state index in [1.807, 2.05) is 13.0 Å². The van der Waals surface area contributed by atoms with Crippen LogP contribution in [0, 0.1) is 21.4 Å². The van der Waals surface area contributed by atoms with Gasteiger partial charge in [0.15, 0.2) is 5.03 Å². The van der Waals surface area contributed by atoms with Crippen LogP contribution < -0.4 is 5.32 Å². The van der Waals surface area contributed by atoms with Gasteiger partial charge in [-0.3, -0.25) is 14.8 Å². The van der Waals surface area contributed by atoms with Gasteiger partial charge in [-0.2, -0.15) is 20.3 Å².